The number of pyridine rings is 1. The summed E-state index contributed by atoms with van der Waals surface area (Å²) in [7, 11) is 3.12. The van der Waals surface area contributed by atoms with Gasteiger partial charge in [0.05, 0.1) is 11.1 Å². The number of halogens is 3. The van der Waals surface area contributed by atoms with Crippen molar-refractivity contribution in [3.8, 4) is 0 Å². The van der Waals surface area contributed by atoms with Crippen LogP contribution in [-0.4, -0.2) is 25.0 Å². The van der Waals surface area contributed by atoms with Crippen LogP contribution in [0, 0.1) is 0 Å². The largest absolute Gasteiger partial charge is 0.417 e. The van der Waals surface area contributed by atoms with Gasteiger partial charge in [-0.2, -0.15) is 13.2 Å². The smallest absolute Gasteiger partial charge is 0.365 e. The zero-order valence-corrected chi connectivity index (χ0v) is 8.67. The molecule has 0 aromatic carbocycles. The number of nitrogens with zero attached hydrogens (tertiary/aromatic N) is 2. The first kappa shape index (κ1) is 12.3. The van der Waals surface area contributed by atoms with Crippen molar-refractivity contribution in [2.45, 2.75) is 6.18 Å². The van der Waals surface area contributed by atoms with Gasteiger partial charge in [0, 0.05) is 20.3 Å². The molecule has 0 radical (unpaired) electrons. The first-order valence-electron chi connectivity index (χ1n) is 4.28. The summed E-state index contributed by atoms with van der Waals surface area (Å²) in [4.78, 5) is 16.0. The van der Waals surface area contributed by atoms with Gasteiger partial charge in [-0.3, -0.25) is 4.79 Å². The van der Waals surface area contributed by atoms with Gasteiger partial charge in [0.15, 0.2) is 0 Å². The molecule has 2 N–H and O–H groups in total. The second-order valence-corrected chi connectivity index (χ2v) is 3.35. The molecular weight excluding hydrogens is 223 g/mol. The van der Waals surface area contributed by atoms with Crippen LogP contribution in [0.2, 0.25) is 0 Å². The Hall–Kier alpha value is -1.79. The summed E-state index contributed by atoms with van der Waals surface area (Å²) in [5, 5.41) is 0. The molecule has 0 aliphatic heterocycles. The fourth-order valence-corrected chi connectivity index (χ4v) is 1.15. The Balaban J connectivity index is 3.34. The Morgan fingerprint density at radius 3 is 2.38 bits per heavy atom. The lowest BCUT2D eigenvalue weighted by Crippen LogP contribution is -2.21. The predicted octanol–water partition coefficient (Wildman–Crippen LogP) is 1.27. The van der Waals surface area contributed by atoms with E-state index in [1.807, 2.05) is 0 Å². The lowest BCUT2D eigenvalue weighted by Gasteiger charge is -2.16. The molecule has 0 aliphatic carbocycles. The maximum Gasteiger partial charge on any atom is 0.417 e. The summed E-state index contributed by atoms with van der Waals surface area (Å²) in [6.07, 6.45) is -3.87. The van der Waals surface area contributed by atoms with E-state index in [0.717, 1.165) is 0 Å². The van der Waals surface area contributed by atoms with Gasteiger partial charge in [-0.1, -0.05) is 0 Å². The van der Waals surface area contributed by atoms with E-state index in [1.54, 1.807) is 14.1 Å². The highest BCUT2D eigenvalue weighted by molar-refractivity contribution is 5.97. The quantitative estimate of drug-likeness (QED) is 0.836. The van der Waals surface area contributed by atoms with E-state index in [9.17, 15) is 18.0 Å². The molecule has 1 aromatic heterocycles. The van der Waals surface area contributed by atoms with E-state index in [1.165, 1.54) is 4.90 Å². The summed E-state index contributed by atoms with van der Waals surface area (Å²) in [5.41, 5.74) is 3.75. The molecule has 0 aliphatic rings. The molecule has 88 valence electrons. The molecule has 1 heterocycles. The second kappa shape index (κ2) is 3.99. The molecule has 1 rings (SSSR count). The highest BCUT2D eigenvalue weighted by Gasteiger charge is 2.32. The number of nitrogens with two attached hydrogens (primary N) is 1. The van der Waals surface area contributed by atoms with Crippen molar-refractivity contribution in [1.82, 2.24) is 4.98 Å². The minimum atomic E-state index is -4.54. The molecule has 0 unspecified atom stereocenters. The van der Waals surface area contributed by atoms with Gasteiger partial charge in [0.1, 0.15) is 5.82 Å². The number of amides is 1. The van der Waals surface area contributed by atoms with Crippen molar-refractivity contribution in [1.29, 1.82) is 0 Å². The fourth-order valence-electron chi connectivity index (χ4n) is 1.15. The highest BCUT2D eigenvalue weighted by Crippen LogP contribution is 2.30. The topological polar surface area (TPSA) is 59.2 Å². The molecule has 0 fully saturated rings. The third-order valence-corrected chi connectivity index (χ3v) is 1.88. The number of anilines is 1. The van der Waals surface area contributed by atoms with Crippen molar-refractivity contribution in [2.24, 2.45) is 5.73 Å². The third kappa shape index (κ3) is 2.41. The van der Waals surface area contributed by atoms with Crippen LogP contribution < -0.4 is 10.6 Å². The first-order chi connectivity index (χ1) is 7.23. The minimum absolute atomic E-state index is 0.112. The van der Waals surface area contributed by atoms with Gasteiger partial charge in [-0.05, 0) is 6.07 Å². The molecule has 0 bridgehead atoms. The predicted molar refractivity (Wildman–Crippen MR) is 52.1 cm³/mol. The lowest BCUT2D eigenvalue weighted by molar-refractivity contribution is -0.137. The van der Waals surface area contributed by atoms with E-state index in [4.69, 9.17) is 5.73 Å². The fraction of sp³-hybridized carbons (Fsp3) is 0.333. The van der Waals surface area contributed by atoms with Crippen molar-refractivity contribution < 1.29 is 18.0 Å². The van der Waals surface area contributed by atoms with Crippen LogP contribution in [0.4, 0.5) is 19.0 Å². The molecule has 7 heteroatoms. The summed E-state index contributed by atoms with van der Waals surface area (Å²) >= 11 is 0. The summed E-state index contributed by atoms with van der Waals surface area (Å²) < 4.78 is 37.1. The van der Waals surface area contributed by atoms with Crippen LogP contribution in [0.1, 0.15) is 15.9 Å². The summed E-state index contributed by atoms with van der Waals surface area (Å²) in [6, 6.07) is 0.699. The molecule has 0 saturated carbocycles. The number of carbonyl (C=O) groups excluding carboxylic acids is 1. The molecule has 0 saturated heterocycles. The van der Waals surface area contributed by atoms with Crippen molar-refractivity contribution in [3.05, 3.63) is 23.4 Å². The maximum atomic E-state index is 12.4. The van der Waals surface area contributed by atoms with Crippen LogP contribution >= 0.6 is 0 Å². The maximum absolute atomic E-state index is 12.4. The lowest BCUT2D eigenvalue weighted by atomic mass is 10.1. The molecular formula is C9H10F3N3O. The van der Waals surface area contributed by atoms with Gasteiger partial charge < -0.3 is 10.6 Å². The molecule has 1 aromatic rings. The molecule has 0 spiro atoms. The minimum Gasteiger partial charge on any atom is -0.365 e. The van der Waals surface area contributed by atoms with Crippen LogP contribution in [0.15, 0.2) is 12.3 Å². The number of rotatable bonds is 2. The van der Waals surface area contributed by atoms with Crippen molar-refractivity contribution in [2.75, 3.05) is 19.0 Å². The van der Waals surface area contributed by atoms with E-state index >= 15 is 0 Å². The Morgan fingerprint density at radius 1 is 1.44 bits per heavy atom. The number of aromatic nitrogens is 1. The number of primary amides is 1. The standard InChI is InChI=1S/C9H10F3N3O/c1-15(2)8-6(7(13)16)3-5(4-14-8)9(10,11)12/h3-4H,1-2H3,(H2,13,16). The van der Waals surface area contributed by atoms with Crippen LogP contribution in [0.5, 0.6) is 0 Å². The Bertz CT molecular complexity index is 415. The highest BCUT2D eigenvalue weighted by atomic mass is 19.4. The summed E-state index contributed by atoms with van der Waals surface area (Å²) in [6.45, 7) is 0. The van der Waals surface area contributed by atoms with Crippen LogP contribution in [0.25, 0.3) is 0 Å². The number of alkyl halides is 3. The van der Waals surface area contributed by atoms with Crippen LogP contribution in [0.3, 0.4) is 0 Å². The van der Waals surface area contributed by atoms with E-state index in [2.05, 4.69) is 4.98 Å². The molecule has 4 nitrogen and oxygen atoms in total. The Morgan fingerprint density at radius 2 is 2.00 bits per heavy atom. The van der Waals surface area contributed by atoms with E-state index < -0.39 is 17.6 Å². The van der Waals surface area contributed by atoms with Crippen molar-refractivity contribution in [3.63, 3.8) is 0 Å². The van der Waals surface area contributed by atoms with Crippen molar-refractivity contribution >= 4 is 11.7 Å². The zero-order chi connectivity index (χ0) is 12.5. The molecule has 0 atom stereocenters. The average molecular weight is 233 g/mol. The molecule has 1 amide bonds. The van der Waals surface area contributed by atoms with Gasteiger partial charge in [-0.25, -0.2) is 4.98 Å². The van der Waals surface area contributed by atoms with Gasteiger partial charge >= 0.3 is 6.18 Å². The van der Waals surface area contributed by atoms with E-state index in [0.29, 0.717) is 12.3 Å². The zero-order valence-electron chi connectivity index (χ0n) is 8.67. The number of hydrogen-bond donors (Lipinski definition) is 1. The van der Waals surface area contributed by atoms with Gasteiger partial charge in [-0.15, -0.1) is 0 Å². The van der Waals surface area contributed by atoms with Gasteiger partial charge in [0.2, 0.25) is 0 Å². The van der Waals surface area contributed by atoms with E-state index in [-0.39, 0.29) is 11.4 Å². The normalized spacial score (nSPS) is 11.3. The average Bonchev–Trinajstić information content (AvgIpc) is 2.15. The third-order valence-electron chi connectivity index (χ3n) is 1.88. The van der Waals surface area contributed by atoms with Gasteiger partial charge in [0.25, 0.3) is 5.91 Å². The molecule has 16 heavy (non-hydrogen) atoms. The van der Waals surface area contributed by atoms with Crippen LogP contribution in [-0.2, 0) is 6.18 Å². The summed E-state index contributed by atoms with van der Waals surface area (Å²) in [5.74, 6) is -0.831. The monoisotopic (exact) mass is 233 g/mol. The SMILES string of the molecule is CN(C)c1ncc(C(F)(F)F)cc1C(N)=O. The Labute approximate surface area is 89.9 Å². The second-order valence-electron chi connectivity index (χ2n) is 3.35. The number of hydrogen-bond acceptors (Lipinski definition) is 3. The number of carbonyl (C=O) groups is 1. The Kier molecular flexibility index (Phi) is 3.06. The first-order valence-corrected chi connectivity index (χ1v) is 4.28.